The van der Waals surface area contributed by atoms with Gasteiger partial charge >= 0.3 is 6.18 Å². The van der Waals surface area contributed by atoms with Crippen LogP contribution in [0.15, 0.2) is 53.3 Å². The number of aliphatic hydroxyl groups excluding tert-OH is 1. The molecule has 178 valence electrons. The van der Waals surface area contributed by atoms with E-state index < -0.39 is 19.2 Å². The summed E-state index contributed by atoms with van der Waals surface area (Å²) in [5, 5.41) is 10.8. The molecule has 1 aromatic heterocycles. The van der Waals surface area contributed by atoms with E-state index in [0.717, 1.165) is 5.56 Å². The maximum atomic E-state index is 13.2. The molecule has 2 aromatic carbocycles. The first-order valence-electron chi connectivity index (χ1n) is 10.9. The van der Waals surface area contributed by atoms with Crippen LogP contribution in [-0.4, -0.2) is 22.5 Å². The normalized spacial score (nSPS) is 11.8. The molecule has 0 aliphatic heterocycles. The Morgan fingerprint density at radius 3 is 2.39 bits per heavy atom. The third kappa shape index (κ3) is 6.51. The van der Waals surface area contributed by atoms with Gasteiger partial charge in [0.1, 0.15) is 18.1 Å². The standard InChI is InChI=1S/C25H28F3NO4/c1-17(2)14-29-22(15-30)23(32-12-6-11-25(26,27)28)21-13-19(9-10-20(21)24(29)31)33-16-18-7-4-3-5-8-18/h3-5,7-10,13,17,30H,6,11-12,14-16H2,1-2H3. The van der Waals surface area contributed by atoms with Gasteiger partial charge in [0, 0.05) is 18.4 Å². The van der Waals surface area contributed by atoms with Crippen molar-refractivity contribution >= 4 is 10.8 Å². The molecule has 3 rings (SSSR count). The fourth-order valence-corrected chi connectivity index (χ4v) is 3.60. The van der Waals surface area contributed by atoms with E-state index in [-0.39, 0.29) is 35.9 Å². The Labute approximate surface area is 190 Å². The lowest BCUT2D eigenvalue weighted by Gasteiger charge is -2.20. The topological polar surface area (TPSA) is 60.7 Å². The molecular formula is C25H28F3NO4. The van der Waals surface area contributed by atoms with Crippen LogP contribution in [-0.2, 0) is 19.8 Å². The first kappa shape index (κ1) is 24.6. The maximum absolute atomic E-state index is 13.2. The highest BCUT2D eigenvalue weighted by Crippen LogP contribution is 2.32. The first-order chi connectivity index (χ1) is 15.7. The quantitative estimate of drug-likeness (QED) is 0.406. The fraction of sp³-hybridized carbons (Fsp3) is 0.400. The van der Waals surface area contributed by atoms with Crippen LogP contribution in [0.2, 0.25) is 0 Å². The molecule has 0 amide bonds. The van der Waals surface area contributed by atoms with Gasteiger partial charge in [-0.15, -0.1) is 0 Å². The molecule has 33 heavy (non-hydrogen) atoms. The van der Waals surface area contributed by atoms with Crippen LogP contribution in [0.4, 0.5) is 13.2 Å². The van der Waals surface area contributed by atoms with Gasteiger partial charge in [-0.3, -0.25) is 4.79 Å². The Bertz CT molecular complexity index is 1120. The van der Waals surface area contributed by atoms with Gasteiger partial charge in [-0.25, -0.2) is 0 Å². The van der Waals surface area contributed by atoms with Crippen LogP contribution in [0.25, 0.3) is 10.8 Å². The molecule has 0 unspecified atom stereocenters. The number of pyridine rings is 1. The fourth-order valence-electron chi connectivity index (χ4n) is 3.60. The van der Waals surface area contributed by atoms with Gasteiger partial charge < -0.3 is 19.1 Å². The second-order valence-corrected chi connectivity index (χ2v) is 8.29. The van der Waals surface area contributed by atoms with Crippen molar-refractivity contribution < 1.29 is 27.8 Å². The third-order valence-corrected chi connectivity index (χ3v) is 5.10. The van der Waals surface area contributed by atoms with Crippen molar-refractivity contribution in [2.45, 2.75) is 52.6 Å². The average molecular weight is 463 g/mol. The van der Waals surface area contributed by atoms with Gasteiger partial charge in [-0.1, -0.05) is 44.2 Å². The monoisotopic (exact) mass is 463 g/mol. The highest BCUT2D eigenvalue weighted by molar-refractivity contribution is 5.89. The number of halogens is 3. The summed E-state index contributed by atoms with van der Waals surface area (Å²) in [7, 11) is 0. The second-order valence-electron chi connectivity index (χ2n) is 8.29. The number of nitrogens with zero attached hydrogens (tertiary/aromatic N) is 1. The lowest BCUT2D eigenvalue weighted by Crippen LogP contribution is -2.27. The Morgan fingerprint density at radius 1 is 1.03 bits per heavy atom. The lowest BCUT2D eigenvalue weighted by molar-refractivity contribution is -0.136. The minimum atomic E-state index is -4.28. The number of alkyl halides is 3. The van der Waals surface area contributed by atoms with E-state index in [9.17, 15) is 23.1 Å². The van der Waals surface area contributed by atoms with Gasteiger partial charge in [-0.05, 0) is 36.1 Å². The summed E-state index contributed by atoms with van der Waals surface area (Å²) >= 11 is 0. The zero-order valence-corrected chi connectivity index (χ0v) is 18.7. The molecule has 5 nitrogen and oxygen atoms in total. The van der Waals surface area contributed by atoms with Crippen molar-refractivity contribution in [3.8, 4) is 11.5 Å². The van der Waals surface area contributed by atoms with Gasteiger partial charge in [-0.2, -0.15) is 13.2 Å². The third-order valence-electron chi connectivity index (χ3n) is 5.10. The molecular weight excluding hydrogens is 435 g/mol. The highest BCUT2D eigenvalue weighted by atomic mass is 19.4. The van der Waals surface area contributed by atoms with Crippen molar-refractivity contribution in [3.05, 3.63) is 70.1 Å². The molecule has 0 bridgehead atoms. The molecule has 0 aliphatic carbocycles. The van der Waals surface area contributed by atoms with Crippen LogP contribution < -0.4 is 15.0 Å². The minimum absolute atomic E-state index is 0.108. The van der Waals surface area contributed by atoms with E-state index in [4.69, 9.17) is 9.47 Å². The number of hydrogen-bond acceptors (Lipinski definition) is 4. The summed E-state index contributed by atoms with van der Waals surface area (Å²) < 4.78 is 50.7. The molecule has 1 heterocycles. The van der Waals surface area contributed by atoms with Gasteiger partial charge in [0.25, 0.3) is 5.56 Å². The Morgan fingerprint density at radius 2 is 1.76 bits per heavy atom. The van der Waals surface area contributed by atoms with E-state index in [2.05, 4.69) is 0 Å². The molecule has 0 radical (unpaired) electrons. The summed E-state index contributed by atoms with van der Waals surface area (Å²) in [4.78, 5) is 13.2. The molecule has 0 atom stereocenters. The molecule has 0 spiro atoms. The Kier molecular flexibility index (Phi) is 8.02. The van der Waals surface area contributed by atoms with Gasteiger partial charge in [0.05, 0.1) is 24.3 Å². The summed E-state index contributed by atoms with van der Waals surface area (Å²) in [6.45, 7) is 3.84. The minimum Gasteiger partial charge on any atom is -0.491 e. The lowest BCUT2D eigenvalue weighted by atomic mass is 10.1. The van der Waals surface area contributed by atoms with Crippen molar-refractivity contribution in [2.75, 3.05) is 6.61 Å². The average Bonchev–Trinajstić information content (AvgIpc) is 2.77. The molecule has 0 fully saturated rings. The van der Waals surface area contributed by atoms with Crippen LogP contribution in [0.5, 0.6) is 11.5 Å². The Balaban J connectivity index is 2.00. The molecule has 3 aromatic rings. The number of aliphatic hydroxyl groups is 1. The highest BCUT2D eigenvalue weighted by Gasteiger charge is 2.26. The SMILES string of the molecule is CC(C)Cn1c(CO)c(OCCCC(F)(F)F)c2cc(OCc3ccccc3)ccc2c1=O. The zero-order valence-electron chi connectivity index (χ0n) is 18.7. The van der Waals surface area contributed by atoms with Crippen LogP contribution >= 0.6 is 0 Å². The second kappa shape index (κ2) is 10.7. The number of aromatic nitrogens is 1. The molecule has 1 N–H and O–H groups in total. The smallest absolute Gasteiger partial charge is 0.389 e. The van der Waals surface area contributed by atoms with E-state index in [1.807, 2.05) is 44.2 Å². The van der Waals surface area contributed by atoms with E-state index in [1.165, 1.54) is 4.57 Å². The van der Waals surface area contributed by atoms with Crippen molar-refractivity contribution in [2.24, 2.45) is 5.92 Å². The van der Waals surface area contributed by atoms with Gasteiger partial charge in [0.2, 0.25) is 0 Å². The van der Waals surface area contributed by atoms with Crippen LogP contribution in [0.1, 0.15) is 37.9 Å². The summed E-state index contributed by atoms with van der Waals surface area (Å²) in [5.74, 6) is 0.800. The van der Waals surface area contributed by atoms with Crippen LogP contribution in [0, 0.1) is 5.92 Å². The Hall–Kier alpha value is -3.00. The molecule has 8 heteroatoms. The maximum Gasteiger partial charge on any atom is 0.389 e. The largest absolute Gasteiger partial charge is 0.491 e. The first-order valence-corrected chi connectivity index (χ1v) is 10.9. The number of hydrogen-bond donors (Lipinski definition) is 1. The molecule has 0 saturated heterocycles. The number of benzene rings is 2. The van der Waals surface area contributed by atoms with Crippen LogP contribution in [0.3, 0.4) is 0 Å². The van der Waals surface area contributed by atoms with Crippen molar-refractivity contribution in [1.82, 2.24) is 4.57 Å². The summed E-state index contributed by atoms with van der Waals surface area (Å²) in [6, 6.07) is 14.5. The van der Waals surface area contributed by atoms with Gasteiger partial charge in [0.15, 0.2) is 0 Å². The predicted octanol–water partition coefficient (Wildman–Crippen LogP) is 5.45. The van der Waals surface area contributed by atoms with Crippen molar-refractivity contribution in [3.63, 3.8) is 0 Å². The number of ether oxygens (including phenoxy) is 2. The molecule has 0 aliphatic rings. The number of rotatable bonds is 10. The van der Waals surface area contributed by atoms with E-state index >= 15 is 0 Å². The van der Waals surface area contributed by atoms with E-state index in [1.54, 1.807) is 18.2 Å². The number of fused-ring (bicyclic) bond motifs is 1. The summed E-state index contributed by atoms with van der Waals surface area (Å²) in [5.41, 5.74) is 0.915. The predicted molar refractivity (Wildman–Crippen MR) is 121 cm³/mol. The molecule has 0 saturated carbocycles. The van der Waals surface area contributed by atoms with Crippen molar-refractivity contribution in [1.29, 1.82) is 0 Å². The zero-order chi connectivity index (χ0) is 24.0. The summed E-state index contributed by atoms with van der Waals surface area (Å²) in [6.07, 6.45) is -5.49. The van der Waals surface area contributed by atoms with E-state index in [0.29, 0.717) is 29.7 Å².